The van der Waals surface area contributed by atoms with Crippen LogP contribution in [-0.4, -0.2) is 10.2 Å². The fraction of sp³-hybridized carbons (Fsp3) is 0.176. The van der Waals surface area contributed by atoms with Crippen LogP contribution in [-0.2, 0) is 6.18 Å². The maximum atomic E-state index is 12.7. The molecule has 0 fully saturated rings. The lowest BCUT2D eigenvalue weighted by molar-refractivity contribution is -0.136. The van der Waals surface area contributed by atoms with Crippen molar-refractivity contribution in [3.63, 3.8) is 0 Å². The Hall–Kier alpha value is -2.83. The maximum absolute atomic E-state index is 12.7. The number of aromatic amines is 1. The standard InChI is InChI=1S/C15H10F3N3O.C2H6/c16-15(17,18)11-6-5-8(7-12(11)19)13-9-3-1-2-4-10(9)14(22)21-20-13;1-2/h1-7H,19H2,(H,21,22);1-2H3. The van der Waals surface area contributed by atoms with Gasteiger partial charge in [0.2, 0.25) is 0 Å². The zero-order valence-corrected chi connectivity index (χ0v) is 13.1. The second-order valence-electron chi connectivity index (χ2n) is 4.75. The topological polar surface area (TPSA) is 71.8 Å². The number of hydrogen-bond donors (Lipinski definition) is 2. The molecule has 0 aliphatic carbocycles. The molecule has 0 bridgehead atoms. The highest BCUT2D eigenvalue weighted by molar-refractivity contribution is 5.94. The fourth-order valence-corrected chi connectivity index (χ4v) is 2.30. The van der Waals surface area contributed by atoms with Crippen molar-refractivity contribution >= 4 is 16.5 Å². The first-order valence-corrected chi connectivity index (χ1v) is 7.32. The van der Waals surface area contributed by atoms with Crippen molar-refractivity contribution in [2.45, 2.75) is 20.0 Å². The third-order valence-electron chi connectivity index (χ3n) is 3.33. The second-order valence-corrected chi connectivity index (χ2v) is 4.75. The number of alkyl halides is 3. The van der Waals surface area contributed by atoms with Crippen LogP contribution in [0.1, 0.15) is 19.4 Å². The molecule has 2 aromatic carbocycles. The first-order valence-electron chi connectivity index (χ1n) is 7.32. The van der Waals surface area contributed by atoms with Crippen LogP contribution in [0.4, 0.5) is 18.9 Å². The summed E-state index contributed by atoms with van der Waals surface area (Å²) in [5.41, 5.74) is 4.62. The van der Waals surface area contributed by atoms with E-state index in [-0.39, 0.29) is 11.2 Å². The van der Waals surface area contributed by atoms with Crippen LogP contribution in [0, 0.1) is 0 Å². The lowest BCUT2D eigenvalue weighted by atomic mass is 10.0. The number of hydrogen-bond acceptors (Lipinski definition) is 3. The first-order chi connectivity index (χ1) is 11.4. The van der Waals surface area contributed by atoms with Crippen LogP contribution < -0.4 is 11.3 Å². The smallest absolute Gasteiger partial charge is 0.398 e. The molecular formula is C17H16F3N3O. The van der Waals surface area contributed by atoms with Gasteiger partial charge in [-0.3, -0.25) is 4.79 Å². The van der Waals surface area contributed by atoms with E-state index in [0.717, 1.165) is 6.07 Å². The van der Waals surface area contributed by atoms with Gasteiger partial charge in [-0.1, -0.05) is 38.1 Å². The van der Waals surface area contributed by atoms with E-state index < -0.39 is 11.7 Å². The number of nitrogens with zero attached hydrogens (tertiary/aromatic N) is 1. The van der Waals surface area contributed by atoms with Crippen LogP contribution in [0.2, 0.25) is 0 Å². The summed E-state index contributed by atoms with van der Waals surface area (Å²) in [6.45, 7) is 4.00. The monoisotopic (exact) mass is 335 g/mol. The lowest BCUT2D eigenvalue weighted by Crippen LogP contribution is -2.10. The number of halogens is 3. The molecule has 0 saturated heterocycles. The van der Waals surface area contributed by atoms with E-state index in [1.807, 2.05) is 13.8 Å². The summed E-state index contributed by atoms with van der Waals surface area (Å²) in [5, 5.41) is 7.23. The molecule has 0 aliphatic rings. The lowest BCUT2D eigenvalue weighted by Gasteiger charge is -2.11. The Morgan fingerprint density at radius 2 is 1.67 bits per heavy atom. The Labute approximate surface area is 136 Å². The molecule has 3 rings (SSSR count). The normalized spacial score (nSPS) is 11.0. The fourth-order valence-electron chi connectivity index (χ4n) is 2.30. The summed E-state index contributed by atoms with van der Waals surface area (Å²) in [5.74, 6) is 0. The van der Waals surface area contributed by atoms with Gasteiger partial charge in [-0.05, 0) is 18.2 Å². The van der Waals surface area contributed by atoms with Gasteiger partial charge >= 0.3 is 6.18 Å². The van der Waals surface area contributed by atoms with E-state index in [9.17, 15) is 18.0 Å². The average molecular weight is 335 g/mol. The molecule has 1 heterocycles. The molecule has 0 saturated carbocycles. The van der Waals surface area contributed by atoms with Gasteiger partial charge in [0.15, 0.2) is 0 Å². The number of rotatable bonds is 1. The number of anilines is 1. The number of nitrogens with one attached hydrogen (secondary N) is 1. The van der Waals surface area contributed by atoms with Gasteiger partial charge in [-0.2, -0.15) is 18.3 Å². The Kier molecular flexibility index (Phi) is 4.92. The van der Waals surface area contributed by atoms with Crippen molar-refractivity contribution in [3.05, 3.63) is 58.4 Å². The minimum Gasteiger partial charge on any atom is -0.398 e. The summed E-state index contributed by atoms with van der Waals surface area (Å²) in [6.07, 6.45) is -4.51. The van der Waals surface area contributed by atoms with Crippen LogP contribution in [0.25, 0.3) is 22.0 Å². The summed E-state index contributed by atoms with van der Waals surface area (Å²) in [7, 11) is 0. The second kappa shape index (κ2) is 6.74. The van der Waals surface area contributed by atoms with Crippen LogP contribution >= 0.6 is 0 Å². The molecule has 0 spiro atoms. The Bertz CT molecular complexity index is 917. The molecule has 126 valence electrons. The zero-order valence-electron chi connectivity index (χ0n) is 13.1. The molecule has 3 aromatic rings. The van der Waals surface area contributed by atoms with Gasteiger partial charge in [-0.15, -0.1) is 0 Å². The van der Waals surface area contributed by atoms with Crippen molar-refractivity contribution in [1.82, 2.24) is 10.2 Å². The van der Waals surface area contributed by atoms with E-state index in [1.54, 1.807) is 24.3 Å². The zero-order chi connectivity index (χ0) is 17.9. The predicted octanol–water partition coefficient (Wildman–Crippen LogP) is 4.22. The minimum absolute atomic E-state index is 0.362. The average Bonchev–Trinajstić information content (AvgIpc) is 2.56. The summed E-state index contributed by atoms with van der Waals surface area (Å²) >= 11 is 0. The summed E-state index contributed by atoms with van der Waals surface area (Å²) in [6, 6.07) is 10.1. The van der Waals surface area contributed by atoms with Crippen LogP contribution in [0.5, 0.6) is 0 Å². The van der Waals surface area contributed by atoms with E-state index in [2.05, 4.69) is 10.2 Å². The van der Waals surface area contributed by atoms with Gasteiger partial charge in [0, 0.05) is 16.6 Å². The largest absolute Gasteiger partial charge is 0.418 e. The molecule has 0 unspecified atom stereocenters. The van der Waals surface area contributed by atoms with Crippen molar-refractivity contribution in [1.29, 1.82) is 0 Å². The Balaban J connectivity index is 0.00000100. The van der Waals surface area contributed by atoms with Crippen molar-refractivity contribution in [3.8, 4) is 11.3 Å². The van der Waals surface area contributed by atoms with E-state index in [1.165, 1.54) is 12.1 Å². The Morgan fingerprint density at radius 1 is 1.04 bits per heavy atom. The number of benzene rings is 2. The summed E-state index contributed by atoms with van der Waals surface area (Å²) in [4.78, 5) is 11.7. The van der Waals surface area contributed by atoms with E-state index in [4.69, 9.17) is 5.73 Å². The number of aromatic nitrogens is 2. The molecule has 1 aromatic heterocycles. The molecule has 0 radical (unpaired) electrons. The molecule has 4 nitrogen and oxygen atoms in total. The number of nitrogen functional groups attached to an aromatic ring is 1. The predicted molar refractivity (Wildman–Crippen MR) is 88.6 cm³/mol. The first kappa shape index (κ1) is 17.5. The van der Waals surface area contributed by atoms with Crippen molar-refractivity contribution in [2.24, 2.45) is 0 Å². The maximum Gasteiger partial charge on any atom is 0.418 e. The molecule has 3 N–H and O–H groups in total. The quantitative estimate of drug-likeness (QED) is 0.654. The van der Waals surface area contributed by atoms with E-state index >= 15 is 0 Å². The number of H-pyrrole nitrogens is 1. The third kappa shape index (κ3) is 3.24. The third-order valence-corrected chi connectivity index (χ3v) is 3.33. The number of nitrogens with two attached hydrogens (primary N) is 1. The highest BCUT2D eigenvalue weighted by Gasteiger charge is 2.32. The minimum atomic E-state index is -4.51. The van der Waals surface area contributed by atoms with Gasteiger partial charge in [0.25, 0.3) is 5.56 Å². The molecule has 0 atom stereocenters. The van der Waals surface area contributed by atoms with Crippen LogP contribution in [0.3, 0.4) is 0 Å². The number of fused-ring (bicyclic) bond motifs is 1. The van der Waals surface area contributed by atoms with E-state index in [0.29, 0.717) is 22.0 Å². The van der Waals surface area contributed by atoms with Gasteiger partial charge in [0.1, 0.15) is 0 Å². The summed E-state index contributed by atoms with van der Waals surface area (Å²) < 4.78 is 38.2. The molecule has 24 heavy (non-hydrogen) atoms. The molecule has 0 aliphatic heterocycles. The highest BCUT2D eigenvalue weighted by Crippen LogP contribution is 2.36. The highest BCUT2D eigenvalue weighted by atomic mass is 19.4. The van der Waals surface area contributed by atoms with Gasteiger partial charge < -0.3 is 5.73 Å². The van der Waals surface area contributed by atoms with Gasteiger partial charge in [0.05, 0.1) is 16.6 Å². The molecule has 0 amide bonds. The Morgan fingerprint density at radius 3 is 2.25 bits per heavy atom. The van der Waals surface area contributed by atoms with Crippen molar-refractivity contribution in [2.75, 3.05) is 5.73 Å². The van der Waals surface area contributed by atoms with Gasteiger partial charge in [-0.25, -0.2) is 5.10 Å². The van der Waals surface area contributed by atoms with Crippen LogP contribution in [0.15, 0.2) is 47.3 Å². The molecule has 7 heteroatoms. The molecular weight excluding hydrogens is 319 g/mol. The SMILES string of the molecule is CC.Nc1cc(-c2n[nH]c(=O)c3ccccc23)ccc1C(F)(F)F. The van der Waals surface area contributed by atoms with Crippen molar-refractivity contribution < 1.29 is 13.2 Å².